The number of thioether (sulfide) groups is 1. The van der Waals surface area contributed by atoms with Gasteiger partial charge in [-0.3, -0.25) is 25.0 Å². The second kappa shape index (κ2) is 8.89. The molecule has 0 fully saturated rings. The second-order valence-electron chi connectivity index (χ2n) is 5.71. The van der Waals surface area contributed by atoms with Crippen LogP contribution < -0.4 is 5.32 Å². The molecule has 1 amide bonds. The van der Waals surface area contributed by atoms with E-state index in [9.17, 15) is 25.0 Å². The van der Waals surface area contributed by atoms with Crippen molar-refractivity contribution in [3.05, 3.63) is 80.9 Å². The molecule has 0 aliphatic carbocycles. The zero-order chi connectivity index (χ0) is 20.8. The van der Waals surface area contributed by atoms with Crippen LogP contribution in [0.4, 0.5) is 17.1 Å². The number of rotatable bonds is 7. The smallest absolute Gasteiger partial charge is 0.271 e. The number of carbonyl (C=O) groups is 1. The topological polar surface area (TPSA) is 141 Å². The predicted octanol–water partition coefficient (Wildman–Crippen LogP) is 3.69. The molecular weight excluding hydrogens is 398 g/mol. The highest BCUT2D eigenvalue weighted by Crippen LogP contribution is 2.23. The van der Waals surface area contributed by atoms with Crippen molar-refractivity contribution in [2.24, 2.45) is 0 Å². The van der Waals surface area contributed by atoms with Crippen LogP contribution in [0.1, 0.15) is 0 Å². The fourth-order valence-corrected chi connectivity index (χ4v) is 2.98. The minimum absolute atomic E-state index is 0.0352. The molecule has 146 valence electrons. The standard InChI is InChI=1S/C18H13N5O5S/c24-17(19-13-4-2-6-15(10-13)23(27)28)11-29-18-8-7-16(20-21-18)12-3-1-5-14(9-12)22(25)26/h1-10H,11H2,(H,19,24). The van der Waals surface area contributed by atoms with Crippen molar-refractivity contribution in [1.29, 1.82) is 0 Å². The average Bonchev–Trinajstić information content (AvgIpc) is 2.73. The van der Waals surface area contributed by atoms with Gasteiger partial charge >= 0.3 is 0 Å². The number of amides is 1. The van der Waals surface area contributed by atoms with E-state index in [1.165, 1.54) is 30.3 Å². The molecule has 3 aromatic rings. The van der Waals surface area contributed by atoms with E-state index in [1.807, 2.05) is 0 Å². The molecule has 0 saturated heterocycles. The predicted molar refractivity (Wildman–Crippen MR) is 107 cm³/mol. The monoisotopic (exact) mass is 411 g/mol. The normalized spacial score (nSPS) is 10.3. The molecule has 0 unspecified atom stereocenters. The molecule has 2 aromatic carbocycles. The fraction of sp³-hybridized carbons (Fsp3) is 0.0556. The summed E-state index contributed by atoms with van der Waals surface area (Å²) in [5.41, 5.74) is 1.21. The lowest BCUT2D eigenvalue weighted by molar-refractivity contribution is -0.385. The Kier molecular flexibility index (Phi) is 6.09. The van der Waals surface area contributed by atoms with Crippen LogP contribution in [-0.4, -0.2) is 31.7 Å². The summed E-state index contributed by atoms with van der Waals surface area (Å²) >= 11 is 1.14. The first-order chi connectivity index (χ1) is 13.9. The highest BCUT2D eigenvalue weighted by atomic mass is 32.2. The Bertz CT molecular complexity index is 1070. The minimum Gasteiger partial charge on any atom is -0.325 e. The highest BCUT2D eigenvalue weighted by molar-refractivity contribution is 7.99. The summed E-state index contributed by atoms with van der Waals surface area (Å²) in [6.45, 7) is 0. The van der Waals surface area contributed by atoms with E-state index in [0.29, 0.717) is 22.0 Å². The first-order valence-electron chi connectivity index (χ1n) is 8.18. The molecule has 10 nitrogen and oxygen atoms in total. The molecule has 1 heterocycles. The molecule has 0 aliphatic rings. The average molecular weight is 411 g/mol. The summed E-state index contributed by atoms with van der Waals surface area (Å²) in [5, 5.41) is 32.8. The van der Waals surface area contributed by atoms with Crippen LogP contribution >= 0.6 is 11.8 Å². The van der Waals surface area contributed by atoms with Gasteiger partial charge in [-0.15, -0.1) is 10.2 Å². The van der Waals surface area contributed by atoms with Crippen molar-refractivity contribution >= 4 is 34.7 Å². The summed E-state index contributed by atoms with van der Waals surface area (Å²) in [7, 11) is 0. The molecule has 1 aromatic heterocycles. The number of non-ortho nitro benzene ring substituents is 2. The molecule has 0 spiro atoms. The summed E-state index contributed by atoms with van der Waals surface area (Å²) in [4.78, 5) is 32.7. The Balaban J connectivity index is 1.59. The first kappa shape index (κ1) is 19.9. The van der Waals surface area contributed by atoms with Gasteiger partial charge < -0.3 is 5.32 Å². The largest absolute Gasteiger partial charge is 0.325 e. The molecule has 29 heavy (non-hydrogen) atoms. The zero-order valence-electron chi connectivity index (χ0n) is 14.7. The van der Waals surface area contributed by atoms with Gasteiger partial charge in [0.15, 0.2) is 0 Å². The number of nitro benzene ring substituents is 2. The van der Waals surface area contributed by atoms with E-state index in [1.54, 1.807) is 30.3 Å². The van der Waals surface area contributed by atoms with Gasteiger partial charge in [-0.1, -0.05) is 30.0 Å². The summed E-state index contributed by atoms with van der Waals surface area (Å²) in [5.74, 6) is -0.312. The lowest BCUT2D eigenvalue weighted by Crippen LogP contribution is -2.14. The quantitative estimate of drug-likeness (QED) is 0.352. The summed E-state index contributed by atoms with van der Waals surface area (Å²) in [6, 6.07) is 15.0. The van der Waals surface area contributed by atoms with Crippen LogP contribution in [0.25, 0.3) is 11.3 Å². The number of anilines is 1. The third-order valence-corrected chi connectivity index (χ3v) is 4.60. The number of nitrogens with one attached hydrogen (secondary N) is 1. The van der Waals surface area contributed by atoms with Crippen molar-refractivity contribution < 1.29 is 14.6 Å². The maximum Gasteiger partial charge on any atom is 0.271 e. The highest BCUT2D eigenvalue weighted by Gasteiger charge is 2.11. The number of carbonyl (C=O) groups excluding carboxylic acids is 1. The van der Waals surface area contributed by atoms with Crippen molar-refractivity contribution in [3.8, 4) is 11.3 Å². The SMILES string of the molecule is O=C(CSc1ccc(-c2cccc([N+](=O)[O-])c2)nn1)Nc1cccc([N+](=O)[O-])c1. The van der Waals surface area contributed by atoms with Crippen LogP contribution in [0.5, 0.6) is 0 Å². The molecule has 0 bridgehead atoms. The first-order valence-corrected chi connectivity index (χ1v) is 9.16. The Morgan fingerprint density at radius 1 is 0.931 bits per heavy atom. The number of hydrogen-bond acceptors (Lipinski definition) is 8. The molecule has 0 radical (unpaired) electrons. The Morgan fingerprint density at radius 2 is 1.62 bits per heavy atom. The fourth-order valence-electron chi connectivity index (χ4n) is 2.36. The lowest BCUT2D eigenvalue weighted by Gasteiger charge is -2.05. The van der Waals surface area contributed by atoms with Gasteiger partial charge in [-0.05, 0) is 18.2 Å². The van der Waals surface area contributed by atoms with Crippen LogP contribution in [-0.2, 0) is 4.79 Å². The van der Waals surface area contributed by atoms with Crippen LogP contribution in [0.15, 0.2) is 65.7 Å². The third kappa shape index (κ3) is 5.32. The zero-order valence-corrected chi connectivity index (χ0v) is 15.5. The van der Waals surface area contributed by atoms with Crippen molar-refractivity contribution in [1.82, 2.24) is 10.2 Å². The number of benzene rings is 2. The van der Waals surface area contributed by atoms with E-state index in [4.69, 9.17) is 0 Å². The Morgan fingerprint density at radius 3 is 2.28 bits per heavy atom. The molecule has 0 atom stereocenters. The van der Waals surface area contributed by atoms with Crippen LogP contribution in [0.3, 0.4) is 0 Å². The molecule has 11 heteroatoms. The second-order valence-corrected chi connectivity index (χ2v) is 6.70. The molecule has 1 N–H and O–H groups in total. The van der Waals surface area contributed by atoms with E-state index >= 15 is 0 Å². The molecular formula is C18H13N5O5S. The van der Waals surface area contributed by atoms with Gasteiger partial charge in [0.05, 0.1) is 21.3 Å². The number of hydrogen-bond donors (Lipinski definition) is 1. The van der Waals surface area contributed by atoms with Gasteiger partial charge in [0.25, 0.3) is 11.4 Å². The Labute approximate surface area is 168 Å². The van der Waals surface area contributed by atoms with E-state index in [2.05, 4.69) is 15.5 Å². The lowest BCUT2D eigenvalue weighted by atomic mass is 10.1. The third-order valence-electron chi connectivity index (χ3n) is 3.68. The molecule has 0 saturated carbocycles. The molecule has 0 aliphatic heterocycles. The number of aromatic nitrogens is 2. The van der Waals surface area contributed by atoms with Crippen molar-refractivity contribution in [2.75, 3.05) is 11.1 Å². The van der Waals surface area contributed by atoms with Crippen LogP contribution in [0, 0.1) is 20.2 Å². The minimum atomic E-state index is -0.539. The van der Waals surface area contributed by atoms with Crippen LogP contribution in [0.2, 0.25) is 0 Å². The van der Waals surface area contributed by atoms with Gasteiger partial charge in [0.2, 0.25) is 5.91 Å². The maximum absolute atomic E-state index is 12.0. The van der Waals surface area contributed by atoms with Gasteiger partial charge in [-0.25, -0.2) is 0 Å². The Hall–Kier alpha value is -3.86. The van der Waals surface area contributed by atoms with Gasteiger partial charge in [-0.2, -0.15) is 0 Å². The summed E-state index contributed by atoms with van der Waals surface area (Å²) in [6.07, 6.45) is 0. The molecule has 3 rings (SSSR count). The number of nitro groups is 2. The number of nitrogens with zero attached hydrogens (tertiary/aromatic N) is 4. The van der Waals surface area contributed by atoms with E-state index in [0.717, 1.165) is 11.8 Å². The van der Waals surface area contributed by atoms with E-state index < -0.39 is 9.85 Å². The van der Waals surface area contributed by atoms with E-state index in [-0.39, 0.29) is 23.0 Å². The van der Waals surface area contributed by atoms with Crippen molar-refractivity contribution in [2.45, 2.75) is 5.03 Å². The van der Waals surface area contributed by atoms with Crippen molar-refractivity contribution in [3.63, 3.8) is 0 Å². The maximum atomic E-state index is 12.0. The van der Waals surface area contributed by atoms with Gasteiger partial charge in [0, 0.05) is 35.5 Å². The summed E-state index contributed by atoms with van der Waals surface area (Å²) < 4.78 is 0. The van der Waals surface area contributed by atoms with Gasteiger partial charge in [0.1, 0.15) is 5.03 Å².